The summed E-state index contributed by atoms with van der Waals surface area (Å²) in [6.45, 7) is 12.7. The molecule has 0 aliphatic heterocycles. The summed E-state index contributed by atoms with van der Waals surface area (Å²) >= 11 is -2.24. The summed E-state index contributed by atoms with van der Waals surface area (Å²) in [5.74, 6) is 3.14. The molecule has 5 aromatic rings. The minimum Gasteiger partial charge on any atom is -0.497 e. The lowest BCUT2D eigenvalue weighted by atomic mass is 9.85. The van der Waals surface area contributed by atoms with Crippen LogP contribution in [0.5, 0.6) is 28.7 Å². The number of amides is 2. The SMILES string of the molecule is COCCOCCOCCOCCOCCOCCOCCOc1cc(Nc2cc(Oc3ccc(NC(=O)Nc4cc(C(C)(C)C)cc(CNS(=O)O)c4OC)c4ccccc34)ccn2)cc(OC)c1. The van der Waals surface area contributed by atoms with Crippen molar-refractivity contribution in [3.05, 3.63) is 96.2 Å². The summed E-state index contributed by atoms with van der Waals surface area (Å²) in [5, 5.41) is 10.7. The molecule has 2 amide bonds. The predicted octanol–water partition coefficient (Wildman–Crippen LogP) is 8.08. The van der Waals surface area contributed by atoms with Crippen LogP contribution in [0.3, 0.4) is 0 Å². The Morgan fingerprint density at radius 1 is 0.629 bits per heavy atom. The van der Waals surface area contributed by atoms with Crippen molar-refractivity contribution in [2.24, 2.45) is 0 Å². The van der Waals surface area contributed by atoms with E-state index in [2.05, 4.69) is 25.7 Å². The van der Waals surface area contributed by atoms with Crippen LogP contribution in [0, 0.1) is 0 Å². The Bertz CT molecular complexity index is 2390. The van der Waals surface area contributed by atoms with Crippen LogP contribution in [0.25, 0.3) is 10.8 Å². The Kier molecular flexibility index (Phi) is 23.8. The Labute approximate surface area is 412 Å². The average molecular weight is 994 g/mol. The number of rotatable bonds is 33. The number of hydrogen-bond acceptors (Lipinski definition) is 15. The van der Waals surface area contributed by atoms with Gasteiger partial charge in [-0.15, -0.1) is 0 Å². The Morgan fingerprint density at radius 3 is 1.80 bits per heavy atom. The zero-order valence-electron chi connectivity index (χ0n) is 40.8. The average Bonchev–Trinajstić information content (AvgIpc) is 3.34. The quantitative estimate of drug-likeness (QED) is 0.0198. The molecule has 0 aliphatic carbocycles. The topological polar surface area (TPSA) is 217 Å². The summed E-state index contributed by atoms with van der Waals surface area (Å²) in [6.07, 6.45) is 1.64. The number of fused-ring (bicyclic) bond motifs is 1. The summed E-state index contributed by atoms with van der Waals surface area (Å²) in [6, 6.07) is 23.3. The van der Waals surface area contributed by atoms with Crippen molar-refractivity contribution in [2.75, 3.05) is 130 Å². The lowest BCUT2D eigenvalue weighted by Crippen LogP contribution is -2.22. The van der Waals surface area contributed by atoms with E-state index in [9.17, 15) is 13.6 Å². The van der Waals surface area contributed by atoms with Crippen LogP contribution in [0.1, 0.15) is 31.9 Å². The lowest BCUT2D eigenvalue weighted by Gasteiger charge is -2.24. The minimum absolute atomic E-state index is 0.0445. The van der Waals surface area contributed by atoms with Crippen molar-refractivity contribution < 1.29 is 65.7 Å². The molecule has 0 radical (unpaired) electrons. The second-order valence-corrected chi connectivity index (χ2v) is 17.1. The first-order valence-corrected chi connectivity index (χ1v) is 23.9. The van der Waals surface area contributed by atoms with E-state index in [1.165, 1.54) is 7.11 Å². The number of hydrogen-bond donors (Lipinski definition) is 5. The van der Waals surface area contributed by atoms with Crippen LogP contribution in [0.4, 0.5) is 27.7 Å². The molecule has 20 heteroatoms. The van der Waals surface area contributed by atoms with E-state index in [-0.39, 0.29) is 12.0 Å². The number of nitrogens with one attached hydrogen (secondary N) is 4. The third-order valence-corrected chi connectivity index (χ3v) is 10.5. The summed E-state index contributed by atoms with van der Waals surface area (Å²) < 4.78 is 84.9. The number of nitrogens with zero attached hydrogens (tertiary/aromatic N) is 1. The van der Waals surface area contributed by atoms with Gasteiger partial charge in [-0.2, -0.15) is 0 Å². The largest absolute Gasteiger partial charge is 0.497 e. The fourth-order valence-corrected chi connectivity index (χ4v) is 6.98. The highest BCUT2D eigenvalue weighted by Gasteiger charge is 2.22. The van der Waals surface area contributed by atoms with Gasteiger partial charge < -0.3 is 68.1 Å². The van der Waals surface area contributed by atoms with E-state index < -0.39 is 17.3 Å². The second-order valence-electron chi connectivity index (χ2n) is 16.3. The number of aromatic nitrogens is 1. The van der Waals surface area contributed by atoms with Gasteiger partial charge in [0.25, 0.3) is 0 Å². The molecule has 5 rings (SSSR count). The second kappa shape index (κ2) is 30.2. The number of benzene rings is 4. The first kappa shape index (κ1) is 55.3. The van der Waals surface area contributed by atoms with Gasteiger partial charge in [-0.1, -0.05) is 51.1 Å². The molecule has 1 heterocycles. The van der Waals surface area contributed by atoms with E-state index in [0.717, 1.165) is 16.3 Å². The van der Waals surface area contributed by atoms with Crippen LogP contribution >= 0.6 is 0 Å². The molecular weight excluding hydrogens is 927 g/mol. The molecule has 382 valence electrons. The van der Waals surface area contributed by atoms with E-state index in [0.29, 0.717) is 150 Å². The molecule has 0 saturated carbocycles. The van der Waals surface area contributed by atoms with E-state index in [1.54, 1.807) is 50.7 Å². The maximum atomic E-state index is 13.6. The van der Waals surface area contributed by atoms with Crippen LogP contribution in [-0.4, -0.2) is 134 Å². The molecule has 5 N–H and O–H groups in total. The molecule has 1 unspecified atom stereocenters. The number of pyridine rings is 1. The maximum absolute atomic E-state index is 13.6. The molecule has 0 spiro atoms. The van der Waals surface area contributed by atoms with Gasteiger partial charge in [-0.3, -0.25) is 4.55 Å². The summed E-state index contributed by atoms with van der Waals surface area (Å²) in [5.41, 5.74) is 2.86. The molecular formula is C50H67N5O14S. The van der Waals surface area contributed by atoms with E-state index in [1.807, 2.05) is 69.3 Å². The van der Waals surface area contributed by atoms with Crippen molar-refractivity contribution in [3.63, 3.8) is 0 Å². The molecule has 1 aromatic heterocycles. The first-order valence-electron chi connectivity index (χ1n) is 22.8. The van der Waals surface area contributed by atoms with Gasteiger partial charge in [0.2, 0.25) is 11.3 Å². The van der Waals surface area contributed by atoms with Gasteiger partial charge in [0.15, 0.2) is 0 Å². The number of methoxy groups -OCH3 is 3. The van der Waals surface area contributed by atoms with Gasteiger partial charge in [-0.25, -0.2) is 18.7 Å². The third kappa shape index (κ3) is 19.3. The smallest absolute Gasteiger partial charge is 0.323 e. The van der Waals surface area contributed by atoms with Crippen molar-refractivity contribution in [3.8, 4) is 28.7 Å². The van der Waals surface area contributed by atoms with E-state index in [4.69, 9.17) is 52.1 Å². The van der Waals surface area contributed by atoms with Crippen molar-refractivity contribution in [1.82, 2.24) is 9.71 Å². The van der Waals surface area contributed by atoms with Crippen LogP contribution in [0.2, 0.25) is 0 Å². The van der Waals surface area contributed by atoms with E-state index >= 15 is 0 Å². The molecule has 0 aliphatic rings. The fourth-order valence-electron chi connectivity index (χ4n) is 6.70. The lowest BCUT2D eigenvalue weighted by molar-refractivity contribution is -0.0199. The number of carbonyl (C=O) groups is 1. The molecule has 4 aromatic carbocycles. The molecule has 19 nitrogen and oxygen atoms in total. The number of urea groups is 1. The number of anilines is 4. The number of ether oxygens (including phenoxy) is 11. The number of carbonyl (C=O) groups excluding carboxylic acids is 1. The molecule has 0 saturated heterocycles. The maximum Gasteiger partial charge on any atom is 0.323 e. The minimum atomic E-state index is -2.24. The third-order valence-electron chi connectivity index (χ3n) is 10.1. The van der Waals surface area contributed by atoms with Crippen molar-refractivity contribution in [1.29, 1.82) is 0 Å². The van der Waals surface area contributed by atoms with Gasteiger partial charge in [0, 0.05) is 66.1 Å². The predicted molar refractivity (Wildman–Crippen MR) is 269 cm³/mol. The highest BCUT2D eigenvalue weighted by atomic mass is 32.2. The van der Waals surface area contributed by atoms with Gasteiger partial charge in [-0.05, 0) is 35.2 Å². The monoisotopic (exact) mass is 993 g/mol. The zero-order valence-corrected chi connectivity index (χ0v) is 41.6. The normalized spacial score (nSPS) is 11.9. The standard InChI is InChI=1S/C50H67N5O14S/c1-50(2,3)37-29-36(35-52-70(57)58)48(61-6)45(30-37)55-49(56)54-44-11-12-46(43-10-8-7-9-42(43)44)69-39-13-14-51-47(34-39)53-38-31-40(60-5)33-41(32-38)68-28-27-67-26-25-66-24-23-65-22-21-64-20-19-63-18-17-62-16-15-59-4/h7-14,29-34,52H,15-28,35H2,1-6H3,(H,51,53)(H,57,58)(H2,54,55,56). The molecule has 70 heavy (non-hydrogen) atoms. The zero-order chi connectivity index (χ0) is 50.0. The van der Waals surface area contributed by atoms with Crippen LogP contribution in [0.15, 0.2) is 85.1 Å². The Hall–Kier alpha value is -5.65. The highest BCUT2D eigenvalue weighted by Crippen LogP contribution is 2.38. The van der Waals surface area contributed by atoms with Crippen molar-refractivity contribution >= 4 is 51.0 Å². The molecule has 0 bridgehead atoms. The summed E-state index contributed by atoms with van der Waals surface area (Å²) in [4.78, 5) is 18.1. The fraction of sp³-hybridized carbons (Fsp3) is 0.440. The van der Waals surface area contributed by atoms with Crippen LogP contribution < -0.4 is 39.6 Å². The van der Waals surface area contributed by atoms with Crippen molar-refractivity contribution in [2.45, 2.75) is 32.7 Å². The molecule has 1 atom stereocenters. The van der Waals surface area contributed by atoms with Crippen LogP contribution in [-0.2, 0) is 56.4 Å². The van der Waals surface area contributed by atoms with Gasteiger partial charge >= 0.3 is 6.03 Å². The van der Waals surface area contributed by atoms with Gasteiger partial charge in [0.1, 0.15) is 41.2 Å². The summed E-state index contributed by atoms with van der Waals surface area (Å²) in [7, 11) is 4.70. The molecule has 0 fully saturated rings. The van der Waals surface area contributed by atoms with Gasteiger partial charge in [0.05, 0.1) is 111 Å². The highest BCUT2D eigenvalue weighted by molar-refractivity contribution is 7.77. The first-order chi connectivity index (χ1) is 34.0. The Morgan fingerprint density at radius 2 is 1.21 bits per heavy atom. The Balaban J connectivity index is 1.07.